The van der Waals surface area contributed by atoms with Gasteiger partial charge < -0.3 is 5.11 Å². The maximum absolute atomic E-state index is 12.2. The van der Waals surface area contributed by atoms with Gasteiger partial charge in [0.2, 0.25) is 4.96 Å². The first-order valence-electron chi connectivity index (χ1n) is 7.42. The summed E-state index contributed by atoms with van der Waals surface area (Å²) in [6.45, 7) is 2.06. The molecule has 3 aromatic rings. The van der Waals surface area contributed by atoms with Gasteiger partial charge in [-0.25, -0.2) is 9.78 Å². The molecule has 1 N–H and O–H groups in total. The van der Waals surface area contributed by atoms with Gasteiger partial charge in [0.15, 0.2) is 0 Å². The Morgan fingerprint density at radius 3 is 2.92 bits per heavy atom. The van der Waals surface area contributed by atoms with Gasteiger partial charge in [0.25, 0.3) is 5.56 Å². The number of carboxylic acids is 1. The fourth-order valence-electron chi connectivity index (χ4n) is 2.21. The van der Waals surface area contributed by atoms with Crippen LogP contribution in [0, 0.1) is 0 Å². The van der Waals surface area contributed by atoms with E-state index in [1.165, 1.54) is 33.7 Å². The van der Waals surface area contributed by atoms with Crippen molar-refractivity contribution in [2.24, 2.45) is 0 Å². The summed E-state index contributed by atoms with van der Waals surface area (Å²) in [5.74, 6) is -0.537. The first kappa shape index (κ1) is 16.7. The molecule has 0 amide bonds. The summed E-state index contributed by atoms with van der Waals surface area (Å²) in [4.78, 5) is 29.1. The summed E-state index contributed by atoms with van der Waals surface area (Å²) in [5, 5.41) is 14.4. The maximum Gasteiger partial charge on any atom is 0.336 e. The average Bonchev–Trinajstić information content (AvgIpc) is 2.96. The molecule has 1 aromatic carbocycles. The van der Waals surface area contributed by atoms with Crippen molar-refractivity contribution in [2.75, 3.05) is 0 Å². The van der Waals surface area contributed by atoms with E-state index in [-0.39, 0.29) is 11.1 Å². The zero-order valence-electron chi connectivity index (χ0n) is 12.9. The molecule has 24 heavy (non-hydrogen) atoms. The van der Waals surface area contributed by atoms with Crippen LogP contribution in [0.4, 0.5) is 0 Å². The number of carbonyl (C=O) groups is 1. The Labute approximate surface area is 146 Å². The molecule has 2 aromatic heterocycles. The van der Waals surface area contributed by atoms with Crippen molar-refractivity contribution < 1.29 is 9.90 Å². The minimum absolute atomic E-state index is 0.208. The van der Waals surface area contributed by atoms with Crippen LogP contribution in [-0.4, -0.2) is 25.7 Å². The molecule has 3 rings (SSSR count). The predicted molar refractivity (Wildman–Crippen MR) is 94.1 cm³/mol. The highest BCUT2D eigenvalue weighted by atomic mass is 32.2. The molecule has 6 nitrogen and oxygen atoms in total. The minimum Gasteiger partial charge on any atom is -0.478 e. The van der Waals surface area contributed by atoms with Crippen molar-refractivity contribution in [3.05, 3.63) is 57.0 Å². The van der Waals surface area contributed by atoms with Crippen molar-refractivity contribution >= 4 is 34.0 Å². The van der Waals surface area contributed by atoms with E-state index in [1.54, 1.807) is 24.3 Å². The molecule has 0 atom stereocenters. The lowest BCUT2D eigenvalue weighted by Crippen LogP contribution is -2.15. The first-order chi connectivity index (χ1) is 11.6. The van der Waals surface area contributed by atoms with Gasteiger partial charge in [-0.1, -0.05) is 30.4 Å². The quantitative estimate of drug-likeness (QED) is 0.679. The molecule has 124 valence electrons. The van der Waals surface area contributed by atoms with Gasteiger partial charge >= 0.3 is 5.97 Å². The molecule has 0 spiro atoms. The largest absolute Gasteiger partial charge is 0.478 e. The maximum atomic E-state index is 12.2. The lowest BCUT2D eigenvalue weighted by molar-refractivity contribution is 0.0693. The Morgan fingerprint density at radius 2 is 2.17 bits per heavy atom. The van der Waals surface area contributed by atoms with Crippen molar-refractivity contribution in [1.29, 1.82) is 0 Å². The van der Waals surface area contributed by atoms with E-state index in [9.17, 15) is 14.7 Å². The van der Waals surface area contributed by atoms with Crippen LogP contribution in [-0.2, 0) is 12.2 Å². The number of fused-ring (bicyclic) bond motifs is 1. The molecule has 0 aliphatic carbocycles. The van der Waals surface area contributed by atoms with E-state index < -0.39 is 5.97 Å². The summed E-state index contributed by atoms with van der Waals surface area (Å²) < 4.78 is 1.33. The first-order valence-corrected chi connectivity index (χ1v) is 9.22. The van der Waals surface area contributed by atoms with Gasteiger partial charge in [-0.2, -0.15) is 9.61 Å². The number of aryl methyl sites for hydroxylation is 1. The van der Waals surface area contributed by atoms with E-state index in [1.807, 2.05) is 0 Å². The van der Waals surface area contributed by atoms with Crippen molar-refractivity contribution in [3.8, 4) is 0 Å². The number of aromatic carboxylic acids is 1. The average molecular weight is 361 g/mol. The molecule has 0 fully saturated rings. The summed E-state index contributed by atoms with van der Waals surface area (Å²) in [6.07, 6.45) is 1.78. The van der Waals surface area contributed by atoms with Gasteiger partial charge in [0, 0.05) is 23.1 Å². The minimum atomic E-state index is -0.965. The van der Waals surface area contributed by atoms with Gasteiger partial charge in [-0.05, 0) is 18.6 Å². The third-order valence-electron chi connectivity index (χ3n) is 3.30. The Balaban J connectivity index is 1.86. The van der Waals surface area contributed by atoms with Gasteiger partial charge in [0.05, 0.1) is 11.3 Å². The summed E-state index contributed by atoms with van der Waals surface area (Å²) in [6, 6.07) is 8.26. The Hall–Kier alpha value is -2.19. The van der Waals surface area contributed by atoms with Crippen LogP contribution in [0.3, 0.4) is 0 Å². The third-order valence-corrected chi connectivity index (χ3v) is 5.37. The third kappa shape index (κ3) is 3.49. The van der Waals surface area contributed by atoms with Crippen molar-refractivity contribution in [2.45, 2.75) is 30.4 Å². The fraction of sp³-hybridized carbons (Fsp3) is 0.250. The van der Waals surface area contributed by atoms with Crippen LogP contribution in [0.1, 0.15) is 34.4 Å². The second-order valence-electron chi connectivity index (χ2n) is 5.12. The Morgan fingerprint density at radius 1 is 1.38 bits per heavy atom. The second-order valence-corrected chi connectivity index (χ2v) is 7.17. The summed E-state index contributed by atoms with van der Waals surface area (Å²) in [7, 11) is 0. The molecule has 0 unspecified atom stereocenters. The van der Waals surface area contributed by atoms with Crippen molar-refractivity contribution in [1.82, 2.24) is 14.6 Å². The van der Waals surface area contributed by atoms with E-state index in [4.69, 9.17) is 0 Å². The molecule has 0 aliphatic rings. The molecule has 0 saturated heterocycles. The number of hydrogen-bond donors (Lipinski definition) is 1. The molecule has 0 radical (unpaired) electrons. The molecular weight excluding hydrogens is 346 g/mol. The van der Waals surface area contributed by atoms with Crippen LogP contribution >= 0.6 is 23.1 Å². The highest BCUT2D eigenvalue weighted by molar-refractivity contribution is 7.98. The summed E-state index contributed by atoms with van der Waals surface area (Å²) >= 11 is 2.77. The number of aromatic nitrogens is 3. The molecular formula is C16H15N3O3S2. The number of benzene rings is 1. The molecule has 8 heteroatoms. The Kier molecular flexibility index (Phi) is 4.96. The molecule has 0 aliphatic heterocycles. The number of thioether (sulfide) groups is 1. The van der Waals surface area contributed by atoms with Crippen LogP contribution in [0.25, 0.3) is 4.96 Å². The van der Waals surface area contributed by atoms with Crippen LogP contribution < -0.4 is 5.56 Å². The predicted octanol–water partition coefficient (Wildman–Crippen LogP) is 3.09. The highest BCUT2D eigenvalue weighted by Crippen LogP contribution is 2.26. The van der Waals surface area contributed by atoms with Crippen molar-refractivity contribution in [3.63, 3.8) is 0 Å². The van der Waals surface area contributed by atoms with Crippen LogP contribution in [0.5, 0.6) is 0 Å². The highest BCUT2D eigenvalue weighted by Gasteiger charge is 2.12. The van der Waals surface area contributed by atoms with Gasteiger partial charge in [0.1, 0.15) is 5.01 Å². The fourth-order valence-corrected chi connectivity index (χ4v) is 4.16. The normalized spacial score (nSPS) is 11.0. The molecule has 0 saturated carbocycles. The Bertz CT molecular complexity index is 949. The van der Waals surface area contributed by atoms with Gasteiger partial charge in [-0.15, -0.1) is 11.8 Å². The van der Waals surface area contributed by atoms with E-state index >= 15 is 0 Å². The number of hydrogen-bond acceptors (Lipinski definition) is 6. The zero-order valence-corrected chi connectivity index (χ0v) is 14.6. The SMILES string of the molecule is CCCc1nn2c(=O)cc(CSc3ccccc3C(=O)O)nc2s1. The van der Waals surface area contributed by atoms with E-state index in [2.05, 4.69) is 17.0 Å². The topological polar surface area (TPSA) is 84.6 Å². The smallest absolute Gasteiger partial charge is 0.336 e. The molecule has 0 bridgehead atoms. The standard InChI is InChI=1S/C16H15N3O3S2/c1-2-5-13-18-19-14(20)8-10(17-16(19)24-13)9-23-12-7-4-3-6-11(12)15(21)22/h3-4,6-8H,2,5,9H2,1H3,(H,21,22). The second kappa shape index (κ2) is 7.14. The summed E-state index contributed by atoms with van der Waals surface area (Å²) in [5.41, 5.74) is 0.668. The monoisotopic (exact) mass is 361 g/mol. The number of rotatable bonds is 6. The lowest BCUT2D eigenvalue weighted by Gasteiger charge is -2.05. The van der Waals surface area contributed by atoms with Crippen LogP contribution in [0.15, 0.2) is 40.0 Å². The molecule has 2 heterocycles. The number of carboxylic acid groups (broad SMARTS) is 1. The number of nitrogens with zero attached hydrogens (tertiary/aromatic N) is 3. The van der Waals surface area contributed by atoms with Gasteiger partial charge in [-0.3, -0.25) is 4.79 Å². The van der Waals surface area contributed by atoms with E-state index in [0.717, 1.165) is 17.8 Å². The lowest BCUT2D eigenvalue weighted by atomic mass is 10.2. The van der Waals surface area contributed by atoms with E-state index in [0.29, 0.717) is 21.3 Å². The van der Waals surface area contributed by atoms with Crippen LogP contribution in [0.2, 0.25) is 0 Å². The zero-order chi connectivity index (χ0) is 17.1.